The van der Waals surface area contributed by atoms with Crippen molar-refractivity contribution in [2.75, 3.05) is 0 Å². The fraction of sp³-hybridized carbons (Fsp3) is 0.250. The van der Waals surface area contributed by atoms with E-state index in [2.05, 4.69) is 28.7 Å². The minimum atomic E-state index is -0.967. The van der Waals surface area contributed by atoms with Gasteiger partial charge in [-0.15, -0.1) is 0 Å². The number of carboxylic acids is 1. The summed E-state index contributed by atoms with van der Waals surface area (Å²) in [6.07, 6.45) is 0. The molecule has 2 aromatic heterocycles. The molecule has 1 N–H and O–H groups in total. The second kappa shape index (κ2) is 4.48. The Bertz CT molecular complexity index is 871. The average molecular weight is 283 g/mol. The number of nitrogens with zero attached hydrogens (tertiary/aromatic N) is 3. The lowest BCUT2D eigenvalue weighted by Gasteiger charge is -2.00. The Labute approximate surface area is 122 Å². The van der Waals surface area contributed by atoms with Crippen molar-refractivity contribution in [2.45, 2.75) is 13.8 Å². The Morgan fingerprint density at radius 2 is 1.95 bits per heavy atom. The molecule has 3 aromatic rings. The number of rotatable bonds is 2. The molecule has 0 amide bonds. The molecule has 0 bridgehead atoms. The first-order chi connectivity index (χ1) is 9.91. The van der Waals surface area contributed by atoms with Crippen LogP contribution in [0.4, 0.5) is 0 Å². The third kappa shape index (κ3) is 1.85. The van der Waals surface area contributed by atoms with E-state index in [4.69, 9.17) is 0 Å². The second-order valence-corrected chi connectivity index (χ2v) is 5.33. The molecule has 0 aliphatic rings. The minimum absolute atomic E-state index is 0.190. The first-order valence-corrected chi connectivity index (χ1v) is 6.74. The van der Waals surface area contributed by atoms with E-state index in [0.29, 0.717) is 5.69 Å². The van der Waals surface area contributed by atoms with Crippen molar-refractivity contribution in [3.05, 3.63) is 41.2 Å². The molecule has 0 saturated carbocycles. The van der Waals surface area contributed by atoms with Crippen molar-refractivity contribution in [3.63, 3.8) is 0 Å². The van der Waals surface area contributed by atoms with Crippen LogP contribution in [-0.4, -0.2) is 25.4 Å². The maximum absolute atomic E-state index is 11.2. The maximum Gasteiger partial charge on any atom is 0.354 e. The first-order valence-electron chi connectivity index (χ1n) is 6.74. The number of hydrogen-bond donors (Lipinski definition) is 1. The number of hydrogen-bond acceptors (Lipinski definition) is 2. The van der Waals surface area contributed by atoms with E-state index < -0.39 is 5.97 Å². The van der Waals surface area contributed by atoms with Crippen LogP contribution in [-0.2, 0) is 14.1 Å². The van der Waals surface area contributed by atoms with Gasteiger partial charge >= 0.3 is 5.97 Å². The normalized spacial score (nSPS) is 11.2. The third-order valence-corrected chi connectivity index (χ3v) is 4.08. The van der Waals surface area contributed by atoms with Crippen LogP contribution < -0.4 is 0 Å². The fourth-order valence-electron chi connectivity index (χ4n) is 2.89. The van der Waals surface area contributed by atoms with E-state index >= 15 is 0 Å². The predicted molar refractivity (Wildman–Crippen MR) is 81.6 cm³/mol. The molecule has 0 atom stereocenters. The molecule has 0 saturated heterocycles. The highest BCUT2D eigenvalue weighted by Crippen LogP contribution is 2.35. The second-order valence-electron chi connectivity index (χ2n) is 5.33. The zero-order chi connectivity index (χ0) is 15.3. The Morgan fingerprint density at radius 3 is 2.57 bits per heavy atom. The number of aromatic carboxylic acids is 1. The number of benzene rings is 1. The lowest BCUT2D eigenvalue weighted by molar-refractivity contribution is 0.0685. The summed E-state index contributed by atoms with van der Waals surface area (Å²) in [6.45, 7) is 4.09. The van der Waals surface area contributed by atoms with Crippen molar-refractivity contribution in [1.29, 1.82) is 0 Å². The minimum Gasteiger partial charge on any atom is -0.477 e. The molecule has 5 nitrogen and oxygen atoms in total. The summed E-state index contributed by atoms with van der Waals surface area (Å²) in [5.41, 5.74) is 5.27. The highest BCUT2D eigenvalue weighted by Gasteiger charge is 2.20. The molecule has 0 fully saturated rings. The summed E-state index contributed by atoms with van der Waals surface area (Å²) in [6, 6.07) is 7.80. The van der Waals surface area contributed by atoms with Gasteiger partial charge in [0.05, 0.1) is 5.69 Å². The summed E-state index contributed by atoms with van der Waals surface area (Å²) < 4.78 is 3.53. The third-order valence-electron chi connectivity index (χ3n) is 4.08. The van der Waals surface area contributed by atoms with Crippen LogP contribution in [0.25, 0.3) is 22.2 Å². The van der Waals surface area contributed by atoms with Crippen LogP contribution in [0.15, 0.2) is 24.3 Å². The summed E-state index contributed by atoms with van der Waals surface area (Å²) in [5, 5.41) is 14.7. The Balaban J connectivity index is 2.38. The fourth-order valence-corrected chi connectivity index (χ4v) is 2.89. The molecule has 0 unspecified atom stereocenters. The van der Waals surface area contributed by atoms with Gasteiger partial charge in [-0.1, -0.05) is 12.1 Å². The molecular formula is C16H17N3O2. The summed E-state index contributed by atoms with van der Waals surface area (Å²) in [7, 11) is 3.67. The smallest absolute Gasteiger partial charge is 0.354 e. The molecule has 1 aromatic carbocycles. The first kappa shape index (κ1) is 13.4. The Hall–Kier alpha value is -2.56. The van der Waals surface area contributed by atoms with Crippen molar-refractivity contribution in [3.8, 4) is 11.3 Å². The molecule has 0 aliphatic heterocycles. The van der Waals surface area contributed by atoms with Gasteiger partial charge in [-0.3, -0.25) is 4.68 Å². The number of fused-ring (bicyclic) bond motifs is 1. The zero-order valence-corrected chi connectivity index (χ0v) is 12.5. The van der Waals surface area contributed by atoms with E-state index in [1.54, 1.807) is 13.1 Å². The molecule has 2 heterocycles. The van der Waals surface area contributed by atoms with Gasteiger partial charge in [-0.05, 0) is 31.5 Å². The van der Waals surface area contributed by atoms with Crippen LogP contribution in [0.1, 0.15) is 21.7 Å². The molecule has 0 radical (unpaired) electrons. The van der Waals surface area contributed by atoms with Crippen molar-refractivity contribution in [2.24, 2.45) is 14.1 Å². The zero-order valence-electron chi connectivity index (χ0n) is 12.5. The highest BCUT2D eigenvalue weighted by molar-refractivity contribution is 6.00. The highest BCUT2D eigenvalue weighted by atomic mass is 16.4. The molecular weight excluding hydrogens is 266 g/mol. The summed E-state index contributed by atoms with van der Waals surface area (Å²) in [4.78, 5) is 11.2. The van der Waals surface area contributed by atoms with Gasteiger partial charge in [-0.2, -0.15) is 5.10 Å². The van der Waals surface area contributed by atoms with E-state index in [9.17, 15) is 9.90 Å². The average Bonchev–Trinajstić information content (AvgIpc) is 2.92. The van der Waals surface area contributed by atoms with Gasteiger partial charge in [0.15, 0.2) is 0 Å². The van der Waals surface area contributed by atoms with Gasteiger partial charge in [0.1, 0.15) is 5.69 Å². The monoisotopic (exact) mass is 283 g/mol. The van der Waals surface area contributed by atoms with Crippen LogP contribution in [0.2, 0.25) is 0 Å². The van der Waals surface area contributed by atoms with E-state index in [1.807, 2.05) is 20.0 Å². The van der Waals surface area contributed by atoms with Crippen LogP contribution in [0.3, 0.4) is 0 Å². The quantitative estimate of drug-likeness (QED) is 0.786. The maximum atomic E-state index is 11.2. The van der Waals surface area contributed by atoms with Crippen molar-refractivity contribution < 1.29 is 9.90 Å². The van der Waals surface area contributed by atoms with Gasteiger partial charge in [0.2, 0.25) is 0 Å². The Morgan fingerprint density at radius 1 is 1.24 bits per heavy atom. The van der Waals surface area contributed by atoms with Crippen molar-refractivity contribution in [1.82, 2.24) is 14.3 Å². The van der Waals surface area contributed by atoms with Gasteiger partial charge < -0.3 is 9.67 Å². The van der Waals surface area contributed by atoms with Crippen LogP contribution >= 0.6 is 0 Å². The van der Waals surface area contributed by atoms with E-state index in [-0.39, 0.29) is 5.69 Å². The van der Waals surface area contributed by atoms with Crippen LogP contribution in [0, 0.1) is 13.8 Å². The number of carbonyl (C=O) groups is 1. The van der Waals surface area contributed by atoms with Crippen molar-refractivity contribution >= 4 is 16.9 Å². The molecule has 21 heavy (non-hydrogen) atoms. The lowest BCUT2D eigenvalue weighted by atomic mass is 10.0. The van der Waals surface area contributed by atoms with E-state index in [0.717, 1.165) is 27.7 Å². The Kier molecular flexibility index (Phi) is 2.86. The van der Waals surface area contributed by atoms with Gasteiger partial charge in [-0.25, -0.2) is 4.79 Å². The summed E-state index contributed by atoms with van der Waals surface area (Å²) >= 11 is 0. The number of aromatic nitrogens is 3. The molecule has 3 rings (SSSR count). The predicted octanol–water partition coefficient (Wildman–Crippen LogP) is 2.89. The van der Waals surface area contributed by atoms with Gasteiger partial charge in [0, 0.05) is 36.3 Å². The molecule has 5 heteroatoms. The molecule has 0 aliphatic carbocycles. The van der Waals surface area contributed by atoms with Gasteiger partial charge in [0.25, 0.3) is 0 Å². The largest absolute Gasteiger partial charge is 0.477 e. The SMILES string of the molecule is Cc1cccc2c1c(-c1cc(C(=O)O)n(C)n1)c(C)n2C. The summed E-state index contributed by atoms with van der Waals surface area (Å²) in [5.74, 6) is -0.967. The van der Waals surface area contributed by atoms with E-state index in [1.165, 1.54) is 4.68 Å². The standard InChI is InChI=1S/C16H17N3O2/c1-9-6-5-7-12-14(9)15(10(2)18(12)3)11-8-13(16(20)21)19(4)17-11/h5-8H,1-4H3,(H,20,21). The molecule has 108 valence electrons. The number of aryl methyl sites for hydroxylation is 3. The number of carboxylic acid groups (broad SMARTS) is 1. The molecule has 0 spiro atoms. The van der Waals surface area contributed by atoms with Crippen LogP contribution in [0.5, 0.6) is 0 Å². The lowest BCUT2D eigenvalue weighted by Crippen LogP contribution is -2.04. The topological polar surface area (TPSA) is 60.0 Å².